The molecule has 0 atom stereocenters. The first-order valence-corrected chi connectivity index (χ1v) is 7.92. The van der Waals surface area contributed by atoms with Gasteiger partial charge in [0, 0.05) is 19.6 Å². The van der Waals surface area contributed by atoms with Crippen LogP contribution in [0.5, 0.6) is 0 Å². The Balaban J connectivity index is 1.76. The van der Waals surface area contributed by atoms with Crippen LogP contribution in [0.15, 0.2) is 24.3 Å². The van der Waals surface area contributed by atoms with E-state index in [2.05, 4.69) is 47.2 Å². The Hall–Kier alpha value is -0.970. The molecule has 0 amide bonds. The molecule has 1 aromatic carbocycles. The molecule has 0 aliphatic rings. The van der Waals surface area contributed by atoms with E-state index in [4.69, 9.17) is 0 Å². The van der Waals surface area contributed by atoms with Gasteiger partial charge in [-0.1, -0.05) is 26.0 Å². The molecule has 104 valence electrons. The number of thiazole rings is 1. The molecule has 0 aliphatic heterocycles. The van der Waals surface area contributed by atoms with E-state index in [0.717, 1.165) is 31.7 Å². The minimum Gasteiger partial charge on any atom is -0.309 e. The monoisotopic (exact) mass is 277 g/mol. The van der Waals surface area contributed by atoms with Gasteiger partial charge in [-0.2, -0.15) is 0 Å². The Bertz CT molecular complexity index is 462. The van der Waals surface area contributed by atoms with Crippen molar-refractivity contribution >= 4 is 21.6 Å². The summed E-state index contributed by atoms with van der Waals surface area (Å²) in [6, 6.07) is 8.33. The van der Waals surface area contributed by atoms with Crippen molar-refractivity contribution in [2.24, 2.45) is 0 Å². The number of benzene rings is 1. The quantitative estimate of drug-likeness (QED) is 0.751. The van der Waals surface area contributed by atoms with Crippen molar-refractivity contribution in [1.29, 1.82) is 0 Å². The van der Waals surface area contributed by atoms with Crippen molar-refractivity contribution in [3.63, 3.8) is 0 Å². The molecule has 2 aromatic rings. The van der Waals surface area contributed by atoms with Crippen molar-refractivity contribution in [2.45, 2.75) is 26.8 Å². The summed E-state index contributed by atoms with van der Waals surface area (Å²) in [6.07, 6.45) is 1.23. The fourth-order valence-electron chi connectivity index (χ4n) is 2.17. The zero-order chi connectivity index (χ0) is 13.5. The fourth-order valence-corrected chi connectivity index (χ4v) is 3.11. The average molecular weight is 277 g/mol. The van der Waals surface area contributed by atoms with Crippen LogP contribution in [-0.2, 0) is 6.54 Å². The van der Waals surface area contributed by atoms with Crippen molar-refractivity contribution in [3.8, 4) is 0 Å². The van der Waals surface area contributed by atoms with Gasteiger partial charge >= 0.3 is 0 Å². The second-order valence-corrected chi connectivity index (χ2v) is 5.80. The zero-order valence-corrected chi connectivity index (χ0v) is 12.7. The van der Waals surface area contributed by atoms with Crippen LogP contribution < -0.4 is 5.32 Å². The SMILES string of the molecule is CCCN(CC)CCNCc1nc2ccccc2s1. The van der Waals surface area contributed by atoms with E-state index in [1.165, 1.54) is 22.7 Å². The van der Waals surface area contributed by atoms with Crippen molar-refractivity contribution in [1.82, 2.24) is 15.2 Å². The predicted molar refractivity (Wildman–Crippen MR) is 83.7 cm³/mol. The van der Waals surface area contributed by atoms with E-state index in [1.807, 2.05) is 6.07 Å². The molecule has 0 unspecified atom stereocenters. The number of nitrogens with zero attached hydrogens (tertiary/aromatic N) is 2. The first-order valence-electron chi connectivity index (χ1n) is 7.11. The molecule has 3 nitrogen and oxygen atoms in total. The summed E-state index contributed by atoms with van der Waals surface area (Å²) < 4.78 is 1.28. The Morgan fingerprint density at radius 2 is 2.05 bits per heavy atom. The van der Waals surface area contributed by atoms with E-state index in [1.54, 1.807) is 11.3 Å². The number of para-hydroxylation sites is 1. The third-order valence-corrected chi connectivity index (χ3v) is 4.24. The van der Waals surface area contributed by atoms with Gasteiger partial charge in [-0.3, -0.25) is 0 Å². The van der Waals surface area contributed by atoms with Crippen LogP contribution in [0.25, 0.3) is 10.2 Å². The van der Waals surface area contributed by atoms with E-state index in [-0.39, 0.29) is 0 Å². The smallest absolute Gasteiger partial charge is 0.108 e. The van der Waals surface area contributed by atoms with Gasteiger partial charge < -0.3 is 10.2 Å². The lowest BCUT2D eigenvalue weighted by Gasteiger charge is -2.19. The number of hydrogen-bond donors (Lipinski definition) is 1. The second kappa shape index (κ2) is 7.58. The molecule has 0 bridgehead atoms. The van der Waals surface area contributed by atoms with E-state index in [0.29, 0.717) is 0 Å². The second-order valence-electron chi connectivity index (χ2n) is 4.69. The molecule has 4 heteroatoms. The first-order chi connectivity index (χ1) is 9.33. The van der Waals surface area contributed by atoms with Crippen LogP contribution in [-0.4, -0.2) is 36.1 Å². The van der Waals surface area contributed by atoms with Gasteiger partial charge in [-0.25, -0.2) is 4.98 Å². The molecule has 0 spiro atoms. The number of aromatic nitrogens is 1. The van der Waals surface area contributed by atoms with Crippen molar-refractivity contribution in [3.05, 3.63) is 29.3 Å². The van der Waals surface area contributed by atoms with Crippen LogP contribution in [0.1, 0.15) is 25.3 Å². The summed E-state index contributed by atoms with van der Waals surface area (Å²) >= 11 is 1.78. The van der Waals surface area contributed by atoms with Gasteiger partial charge in [0.05, 0.1) is 10.2 Å². The standard InChI is InChI=1S/C15H23N3S/c1-3-10-18(4-2)11-9-16-12-15-17-13-7-5-6-8-14(13)19-15/h5-8,16H,3-4,9-12H2,1-2H3. The van der Waals surface area contributed by atoms with Crippen LogP contribution >= 0.6 is 11.3 Å². The molecular weight excluding hydrogens is 254 g/mol. The average Bonchev–Trinajstić information content (AvgIpc) is 2.85. The van der Waals surface area contributed by atoms with Crippen LogP contribution in [0.4, 0.5) is 0 Å². The van der Waals surface area contributed by atoms with E-state index >= 15 is 0 Å². The number of fused-ring (bicyclic) bond motifs is 1. The summed E-state index contributed by atoms with van der Waals surface area (Å²) in [4.78, 5) is 7.11. The van der Waals surface area contributed by atoms with Gasteiger partial charge in [0.25, 0.3) is 0 Å². The molecule has 0 saturated heterocycles. The van der Waals surface area contributed by atoms with Crippen LogP contribution in [0.3, 0.4) is 0 Å². The molecule has 19 heavy (non-hydrogen) atoms. The summed E-state index contributed by atoms with van der Waals surface area (Å²) in [5.74, 6) is 0. The maximum Gasteiger partial charge on any atom is 0.108 e. The molecule has 2 rings (SSSR count). The molecule has 1 aromatic heterocycles. The topological polar surface area (TPSA) is 28.2 Å². The van der Waals surface area contributed by atoms with Gasteiger partial charge in [0.2, 0.25) is 0 Å². The highest BCUT2D eigenvalue weighted by atomic mass is 32.1. The van der Waals surface area contributed by atoms with Crippen molar-refractivity contribution < 1.29 is 0 Å². The molecule has 1 N–H and O–H groups in total. The van der Waals surface area contributed by atoms with Gasteiger partial charge in [-0.15, -0.1) is 11.3 Å². The molecule has 0 aliphatic carbocycles. The summed E-state index contributed by atoms with van der Waals surface area (Å²) in [6.45, 7) is 9.82. The Morgan fingerprint density at radius 3 is 2.79 bits per heavy atom. The fraction of sp³-hybridized carbons (Fsp3) is 0.533. The lowest BCUT2D eigenvalue weighted by molar-refractivity contribution is 0.287. The van der Waals surface area contributed by atoms with Gasteiger partial charge in [0.1, 0.15) is 5.01 Å². The lowest BCUT2D eigenvalue weighted by Crippen LogP contribution is -2.32. The van der Waals surface area contributed by atoms with Crippen LogP contribution in [0.2, 0.25) is 0 Å². The maximum absolute atomic E-state index is 4.63. The highest BCUT2D eigenvalue weighted by molar-refractivity contribution is 7.18. The largest absolute Gasteiger partial charge is 0.309 e. The summed E-state index contributed by atoms with van der Waals surface area (Å²) in [5.41, 5.74) is 1.12. The number of hydrogen-bond acceptors (Lipinski definition) is 4. The Morgan fingerprint density at radius 1 is 1.21 bits per heavy atom. The third-order valence-electron chi connectivity index (χ3n) is 3.21. The highest BCUT2D eigenvalue weighted by Crippen LogP contribution is 2.21. The molecule has 0 fully saturated rings. The molecule has 0 saturated carbocycles. The van der Waals surface area contributed by atoms with E-state index in [9.17, 15) is 0 Å². The zero-order valence-electron chi connectivity index (χ0n) is 11.9. The van der Waals surface area contributed by atoms with Gasteiger partial charge in [-0.05, 0) is 31.6 Å². The van der Waals surface area contributed by atoms with E-state index < -0.39 is 0 Å². The minimum atomic E-state index is 0.878. The lowest BCUT2D eigenvalue weighted by atomic mass is 10.3. The predicted octanol–water partition coefficient (Wildman–Crippen LogP) is 3.12. The first kappa shape index (κ1) is 14.4. The molecular formula is C15H23N3S. The summed E-state index contributed by atoms with van der Waals surface area (Å²) in [5, 5.41) is 4.67. The molecule has 1 heterocycles. The number of likely N-dealkylation sites (N-methyl/N-ethyl adjacent to an activating group) is 1. The molecule has 0 radical (unpaired) electrons. The summed E-state index contributed by atoms with van der Waals surface area (Å²) in [7, 11) is 0. The minimum absolute atomic E-state index is 0.878. The number of rotatable bonds is 8. The van der Waals surface area contributed by atoms with Crippen molar-refractivity contribution in [2.75, 3.05) is 26.2 Å². The van der Waals surface area contributed by atoms with Crippen LogP contribution in [0, 0.1) is 0 Å². The highest BCUT2D eigenvalue weighted by Gasteiger charge is 2.03. The third kappa shape index (κ3) is 4.27. The van der Waals surface area contributed by atoms with Gasteiger partial charge in [0.15, 0.2) is 0 Å². The number of nitrogens with one attached hydrogen (secondary N) is 1. The Kier molecular flexibility index (Phi) is 5.76. The maximum atomic E-state index is 4.63. The Labute approximate surface area is 119 Å². The normalized spacial score (nSPS) is 11.5.